The van der Waals surface area contributed by atoms with Crippen molar-refractivity contribution in [2.75, 3.05) is 52.1 Å². The van der Waals surface area contributed by atoms with Gasteiger partial charge in [-0.05, 0) is 0 Å². The lowest BCUT2D eigenvalue weighted by atomic mass is 9.99. The molecular formula is C34H48N13O26P4+. The van der Waals surface area contributed by atoms with E-state index in [2.05, 4.69) is 38.9 Å². The predicted octanol–water partition coefficient (Wildman–Crippen LogP) is -4.26. The molecule has 0 saturated carbocycles. The van der Waals surface area contributed by atoms with Crippen LogP contribution in [0.1, 0.15) is 18.7 Å². The van der Waals surface area contributed by atoms with Crippen LogP contribution in [-0.4, -0.2) is 174 Å². The van der Waals surface area contributed by atoms with Crippen LogP contribution in [0, 0.1) is 5.92 Å². The first-order valence-corrected chi connectivity index (χ1v) is 27.8. The normalized spacial score (nSPS) is 29.7. The quantitative estimate of drug-likeness (QED) is 0.0244. The minimum atomic E-state index is -6.25. The number of aliphatic hydroxyl groups excluding tert-OH is 3. The van der Waals surface area contributed by atoms with Crippen molar-refractivity contribution in [3.05, 3.63) is 62.4 Å². The molecule has 1 amide bonds. The fraction of sp³-hybridized carbons (Fsp3) is 0.559. The van der Waals surface area contributed by atoms with Gasteiger partial charge in [-0.1, -0.05) is 4.98 Å². The monoisotopic (exact) mass is 1180 g/mol. The van der Waals surface area contributed by atoms with Crippen LogP contribution < -0.4 is 38.2 Å². The molecule has 5 aromatic heterocycles. The van der Waals surface area contributed by atoms with Gasteiger partial charge >= 0.3 is 48.7 Å². The zero-order valence-electron chi connectivity index (χ0n) is 39.6. The number of hydrogen-bond acceptors (Lipinski definition) is 28. The van der Waals surface area contributed by atoms with Gasteiger partial charge in [-0.3, -0.25) is 51.4 Å². The van der Waals surface area contributed by atoms with Crippen LogP contribution in [0.3, 0.4) is 0 Å². The van der Waals surface area contributed by atoms with Crippen LogP contribution in [0.15, 0.2) is 45.6 Å². The van der Waals surface area contributed by atoms with E-state index in [0.717, 1.165) is 36.6 Å². The number of carbonyl (C=O) groups excluding carboxylic acids is 1. The highest BCUT2D eigenvalue weighted by molar-refractivity contribution is 7.66. The Morgan fingerprint density at radius 1 is 0.805 bits per heavy atom. The maximum atomic E-state index is 13.6. The molecule has 8 rings (SSSR count). The molecule has 4 unspecified atom stereocenters. The molecule has 0 aromatic carbocycles. The number of imidazole rings is 2. The number of amides is 1. The van der Waals surface area contributed by atoms with Crippen molar-refractivity contribution in [1.82, 2.24) is 48.9 Å². The Morgan fingerprint density at radius 2 is 1.45 bits per heavy atom. The van der Waals surface area contributed by atoms with E-state index < -0.39 is 154 Å². The summed E-state index contributed by atoms with van der Waals surface area (Å²) in [7, 11) is -19.9. The van der Waals surface area contributed by atoms with E-state index in [9.17, 15) is 72.3 Å². The number of carbonyl (C=O) groups is 1. The van der Waals surface area contributed by atoms with E-state index >= 15 is 0 Å². The van der Waals surface area contributed by atoms with Crippen molar-refractivity contribution in [3.8, 4) is 0 Å². The summed E-state index contributed by atoms with van der Waals surface area (Å²) < 4.78 is 114. The number of phosphoric ester groups is 3. The lowest BCUT2D eigenvalue weighted by Crippen LogP contribution is -2.45. The molecule has 8 heterocycles. The Bertz CT molecular complexity index is 3390. The minimum Gasteiger partial charge on any atom is -0.449 e. The number of ether oxygens (including phenoxy) is 5. The average molecular weight is 1180 g/mol. The van der Waals surface area contributed by atoms with E-state index in [0.29, 0.717) is 0 Å². The number of nitrogens with one attached hydrogen (secondary N) is 3. The van der Waals surface area contributed by atoms with Gasteiger partial charge in [0, 0.05) is 26.4 Å². The molecule has 5 aromatic rings. The van der Waals surface area contributed by atoms with Gasteiger partial charge in [0.15, 0.2) is 30.2 Å². The number of nitrogens with zero attached hydrogens (tertiary/aromatic N) is 8. The summed E-state index contributed by atoms with van der Waals surface area (Å²) in [5, 5.41) is 34.8. The molecular weight excluding hydrogens is 1130 g/mol. The lowest BCUT2D eigenvalue weighted by molar-refractivity contribution is -0.745. The topological polar surface area (TPSA) is 546 Å². The van der Waals surface area contributed by atoms with E-state index in [4.69, 9.17) is 53.2 Å². The Hall–Kier alpha value is -5.31. The number of nitrogen functional groups attached to an aromatic ring is 2. The second-order valence-electron chi connectivity index (χ2n) is 16.7. The largest absolute Gasteiger partial charge is 0.490 e. The van der Waals surface area contributed by atoms with E-state index in [1.165, 1.54) is 34.1 Å². The molecule has 3 saturated heterocycles. The Balaban J connectivity index is 0.948. The van der Waals surface area contributed by atoms with Gasteiger partial charge in [-0.15, -0.1) is 0 Å². The van der Waals surface area contributed by atoms with Gasteiger partial charge in [0.1, 0.15) is 61.2 Å². The fourth-order valence-electron chi connectivity index (χ4n) is 8.32. The number of nitrogens with two attached hydrogens (primary N) is 2. The number of phosphoric acid groups is 4. The van der Waals surface area contributed by atoms with Crippen molar-refractivity contribution in [2.24, 2.45) is 13.0 Å². The molecule has 424 valence electrons. The van der Waals surface area contributed by atoms with E-state index in [1.54, 1.807) is 0 Å². The number of hydrogen-bond donors (Lipinski definition) is 12. The SMILES string of the molecule is CNC(=O)OC[C@H]1[C@@H](O)[C@H]([n+]2cn(C)c3c(=O)[nH]c(N)nc32)O[C@@H]1COP(=O)(O)OP(=O)(O)OP(=O)(O)OC[C@H]1O[C@@H](n2cnc3c(N)ncnc32)[C@H](OC)[C@@H]1OP(=O)(O)OC[C@H]1O[C@@H](n2ccc(=O)[nH]c2=O)[C@H](O)[C@@H]1O. The van der Waals surface area contributed by atoms with Gasteiger partial charge in [0.2, 0.25) is 11.7 Å². The van der Waals surface area contributed by atoms with E-state index in [-0.39, 0.29) is 34.1 Å². The highest BCUT2D eigenvalue weighted by Crippen LogP contribution is 2.68. The van der Waals surface area contributed by atoms with Crippen LogP contribution in [0.5, 0.6) is 0 Å². The first-order valence-electron chi connectivity index (χ1n) is 21.9. The number of aryl methyl sites for hydroxylation is 1. The number of fused-ring (bicyclic) bond motifs is 2. The third-order valence-electron chi connectivity index (χ3n) is 11.8. The van der Waals surface area contributed by atoms with Crippen LogP contribution >= 0.6 is 31.3 Å². The van der Waals surface area contributed by atoms with Gasteiger partial charge in [0.25, 0.3) is 17.1 Å². The summed E-state index contributed by atoms with van der Waals surface area (Å²) in [5.41, 5.74) is 9.06. The molecule has 0 bridgehead atoms. The maximum absolute atomic E-state index is 13.6. The zero-order chi connectivity index (χ0) is 56.1. The molecule has 0 radical (unpaired) electrons. The zero-order valence-corrected chi connectivity index (χ0v) is 43.1. The standard InChI is InChI=1S/C34H47N13O26P4/c1-37-34(54)64-6-13-14(68-29(20(13)49)47-12-44(2)19-27(47)42-32(36)43-28(19)52)7-66-75(57,58)72-77(61,62)73-76(59,60)67-9-16-23(24(63-3)31(70-16)46-11-40-18-25(35)38-10-39-26(18)46)71-74(55,56)65-8-15-21(50)22(51)30(69-15)45-5-4-17(48)41-33(45)53/h4-5,10-16,20-24,29-31,49-51H,6-9H2,1-3H3,(H10-,35,36,37,38,39,41,42,43,48,52,53,54,55,56,57,58,59,60,61,62)/p+1/t13-,14-,15-,16-,20-,21-,22-,23-,24-,29-,30-,31-/m1/s1. The van der Waals surface area contributed by atoms with Crippen molar-refractivity contribution in [2.45, 2.75) is 67.5 Å². The summed E-state index contributed by atoms with van der Waals surface area (Å²) in [6, 6.07) is 0.918. The molecule has 3 fully saturated rings. The highest BCUT2D eigenvalue weighted by atomic mass is 31.3. The van der Waals surface area contributed by atoms with Crippen LogP contribution in [-0.2, 0) is 75.7 Å². The third-order valence-corrected chi connectivity index (χ3v) is 17.0. The van der Waals surface area contributed by atoms with Gasteiger partial charge < -0.3 is 75.4 Å². The summed E-state index contributed by atoms with van der Waals surface area (Å²) in [4.78, 5) is 112. The number of rotatable bonds is 21. The molecule has 3 aliphatic heterocycles. The van der Waals surface area contributed by atoms with Crippen molar-refractivity contribution in [3.63, 3.8) is 0 Å². The van der Waals surface area contributed by atoms with Crippen molar-refractivity contribution < 1.29 is 113 Å². The van der Waals surface area contributed by atoms with Crippen LogP contribution in [0.4, 0.5) is 16.6 Å². The second kappa shape index (κ2) is 22.4. The predicted molar refractivity (Wildman–Crippen MR) is 246 cm³/mol. The molecule has 14 N–H and O–H groups in total. The Labute approximate surface area is 427 Å². The molecule has 16 atom stereocenters. The highest BCUT2D eigenvalue weighted by Gasteiger charge is 2.54. The van der Waals surface area contributed by atoms with Gasteiger partial charge in [0.05, 0.1) is 45.2 Å². The number of H-pyrrole nitrogens is 2. The summed E-state index contributed by atoms with van der Waals surface area (Å²) in [6.45, 7) is -4.05. The molecule has 39 nitrogen and oxygen atoms in total. The first kappa shape index (κ1) is 57.9. The first-order chi connectivity index (χ1) is 36.1. The molecule has 0 aliphatic carbocycles. The number of aromatic nitrogens is 10. The van der Waals surface area contributed by atoms with Crippen LogP contribution in [0.25, 0.3) is 22.3 Å². The molecule has 0 spiro atoms. The van der Waals surface area contributed by atoms with Gasteiger partial charge in [-0.2, -0.15) is 8.62 Å². The Morgan fingerprint density at radius 3 is 2.12 bits per heavy atom. The summed E-state index contributed by atoms with van der Waals surface area (Å²) in [6.07, 6.45) is -15.0. The van der Waals surface area contributed by atoms with Crippen molar-refractivity contribution in [1.29, 1.82) is 0 Å². The summed E-state index contributed by atoms with van der Waals surface area (Å²) >= 11 is 0. The van der Waals surface area contributed by atoms with E-state index in [1.807, 2.05) is 4.98 Å². The number of methoxy groups -OCH3 is 1. The third kappa shape index (κ3) is 12.6. The molecule has 43 heteroatoms. The number of aliphatic hydroxyl groups is 3. The second-order valence-corrected chi connectivity index (χ2v) is 22.8. The maximum Gasteiger partial charge on any atom is 0.490 e. The molecule has 77 heavy (non-hydrogen) atoms. The average Bonchev–Trinajstić information content (AvgIpc) is 4.19. The number of anilines is 2. The fourth-order valence-corrected chi connectivity index (χ4v) is 12.8. The van der Waals surface area contributed by atoms with Crippen molar-refractivity contribution >= 4 is 71.5 Å². The summed E-state index contributed by atoms with van der Waals surface area (Å²) in [5.74, 6) is -1.73. The lowest BCUT2D eigenvalue weighted by Gasteiger charge is -2.26. The number of aromatic amines is 2. The van der Waals surface area contributed by atoms with Gasteiger partial charge in [-0.25, -0.2) is 47.4 Å². The Kier molecular flexibility index (Phi) is 16.9. The smallest absolute Gasteiger partial charge is 0.449 e. The molecule has 3 aliphatic rings. The number of alkyl carbamates (subject to hydrolysis) is 1. The minimum absolute atomic E-state index is 0.00628. The van der Waals surface area contributed by atoms with Crippen LogP contribution in [0.2, 0.25) is 0 Å².